The van der Waals surface area contributed by atoms with E-state index in [0.717, 1.165) is 25.2 Å². The van der Waals surface area contributed by atoms with Crippen LogP contribution in [-0.4, -0.2) is 29.7 Å². The van der Waals surface area contributed by atoms with Gasteiger partial charge in [0.15, 0.2) is 0 Å². The van der Waals surface area contributed by atoms with E-state index in [1.165, 1.54) is 0 Å². The van der Waals surface area contributed by atoms with Crippen LogP contribution in [0.1, 0.15) is 27.2 Å². The molecule has 1 saturated heterocycles. The molecule has 2 rings (SSSR count). The number of fused-ring (bicyclic) bond motifs is 1. The Morgan fingerprint density at radius 2 is 2.33 bits per heavy atom. The van der Waals surface area contributed by atoms with E-state index in [-0.39, 0.29) is 6.09 Å². The first-order valence-corrected chi connectivity index (χ1v) is 5.41. The Labute approximate surface area is 90.3 Å². The van der Waals surface area contributed by atoms with Gasteiger partial charge < -0.3 is 10.1 Å². The Balaban J connectivity index is 2.03. The number of hydrogen-bond donors (Lipinski definition) is 1. The second kappa shape index (κ2) is 3.43. The van der Waals surface area contributed by atoms with Gasteiger partial charge in [-0.3, -0.25) is 4.90 Å². The van der Waals surface area contributed by atoms with Crippen molar-refractivity contribution < 1.29 is 9.53 Å². The molecule has 0 aliphatic carbocycles. The Hall–Kier alpha value is -1.19. The first-order valence-electron chi connectivity index (χ1n) is 5.41. The van der Waals surface area contributed by atoms with Gasteiger partial charge in [-0.25, -0.2) is 4.79 Å². The molecule has 1 N–H and O–H groups in total. The largest absolute Gasteiger partial charge is 0.443 e. The van der Waals surface area contributed by atoms with Crippen LogP contribution in [0.25, 0.3) is 0 Å². The first-order chi connectivity index (χ1) is 6.97. The number of nitrogens with zero attached hydrogens (tertiary/aromatic N) is 1. The molecule has 0 saturated carbocycles. The van der Waals surface area contributed by atoms with E-state index in [2.05, 4.69) is 5.32 Å². The SMILES string of the molecule is CC(C)(C)OC(=O)N1CC[C@@H]2CNC=C21. The summed E-state index contributed by atoms with van der Waals surface area (Å²) in [4.78, 5) is 13.6. The number of hydrogen-bond acceptors (Lipinski definition) is 3. The fourth-order valence-electron chi connectivity index (χ4n) is 2.00. The van der Waals surface area contributed by atoms with Gasteiger partial charge in [0.05, 0.1) is 0 Å². The zero-order valence-corrected chi connectivity index (χ0v) is 9.54. The van der Waals surface area contributed by atoms with Gasteiger partial charge in [-0.15, -0.1) is 0 Å². The van der Waals surface area contributed by atoms with Crippen molar-refractivity contribution in [3.8, 4) is 0 Å². The highest BCUT2D eigenvalue weighted by Crippen LogP contribution is 2.31. The minimum Gasteiger partial charge on any atom is -0.443 e. The van der Waals surface area contributed by atoms with Gasteiger partial charge >= 0.3 is 6.09 Å². The van der Waals surface area contributed by atoms with Crippen LogP contribution in [0.15, 0.2) is 11.9 Å². The van der Waals surface area contributed by atoms with Crippen molar-refractivity contribution in [2.75, 3.05) is 13.1 Å². The van der Waals surface area contributed by atoms with Crippen LogP contribution in [0.5, 0.6) is 0 Å². The Morgan fingerprint density at radius 1 is 1.60 bits per heavy atom. The highest BCUT2D eigenvalue weighted by atomic mass is 16.6. The van der Waals surface area contributed by atoms with Crippen molar-refractivity contribution in [1.82, 2.24) is 10.2 Å². The average Bonchev–Trinajstić information content (AvgIpc) is 2.57. The van der Waals surface area contributed by atoms with Crippen molar-refractivity contribution in [3.05, 3.63) is 11.9 Å². The molecule has 1 amide bonds. The highest BCUT2D eigenvalue weighted by molar-refractivity contribution is 5.71. The van der Waals surface area contributed by atoms with Gasteiger partial charge in [0.25, 0.3) is 0 Å². The van der Waals surface area contributed by atoms with Crippen molar-refractivity contribution in [3.63, 3.8) is 0 Å². The van der Waals surface area contributed by atoms with E-state index in [0.29, 0.717) is 5.92 Å². The van der Waals surface area contributed by atoms with E-state index in [4.69, 9.17) is 4.74 Å². The molecule has 0 aromatic carbocycles. The van der Waals surface area contributed by atoms with Crippen LogP contribution < -0.4 is 5.32 Å². The molecule has 15 heavy (non-hydrogen) atoms. The molecule has 84 valence electrons. The second-order valence-electron chi connectivity index (χ2n) is 5.10. The van der Waals surface area contributed by atoms with E-state index in [1.54, 1.807) is 4.90 Å². The third-order valence-corrected chi connectivity index (χ3v) is 2.66. The summed E-state index contributed by atoms with van der Waals surface area (Å²) >= 11 is 0. The summed E-state index contributed by atoms with van der Waals surface area (Å²) in [5, 5.41) is 3.16. The maximum Gasteiger partial charge on any atom is 0.414 e. The summed E-state index contributed by atoms with van der Waals surface area (Å²) < 4.78 is 5.35. The molecule has 0 aromatic rings. The number of carbonyl (C=O) groups is 1. The molecule has 2 aliphatic rings. The van der Waals surface area contributed by atoms with Crippen LogP contribution in [0, 0.1) is 5.92 Å². The zero-order chi connectivity index (χ0) is 11.1. The number of rotatable bonds is 0. The molecular formula is C11H18N2O2. The number of carbonyl (C=O) groups excluding carboxylic acids is 1. The van der Waals surface area contributed by atoms with Crippen LogP contribution in [-0.2, 0) is 4.74 Å². The topological polar surface area (TPSA) is 41.6 Å². The molecule has 0 aromatic heterocycles. The van der Waals surface area contributed by atoms with Gasteiger partial charge in [0.2, 0.25) is 0 Å². The highest BCUT2D eigenvalue weighted by Gasteiger charge is 2.36. The van der Waals surface area contributed by atoms with Crippen molar-refractivity contribution in [2.45, 2.75) is 32.8 Å². The molecule has 0 bridgehead atoms. The maximum atomic E-state index is 11.8. The van der Waals surface area contributed by atoms with Gasteiger partial charge in [-0.1, -0.05) is 0 Å². The molecular weight excluding hydrogens is 192 g/mol. The second-order valence-corrected chi connectivity index (χ2v) is 5.10. The lowest BCUT2D eigenvalue weighted by molar-refractivity contribution is 0.0337. The number of ether oxygens (including phenoxy) is 1. The van der Waals surface area contributed by atoms with Crippen molar-refractivity contribution in [1.29, 1.82) is 0 Å². The predicted molar refractivity (Wildman–Crippen MR) is 57.1 cm³/mol. The normalized spacial score (nSPS) is 24.6. The minimum atomic E-state index is -0.415. The summed E-state index contributed by atoms with van der Waals surface area (Å²) in [5.41, 5.74) is 0.672. The molecule has 2 heterocycles. The van der Waals surface area contributed by atoms with Gasteiger partial charge in [0.1, 0.15) is 5.60 Å². The fourth-order valence-corrected chi connectivity index (χ4v) is 2.00. The lowest BCUT2D eigenvalue weighted by Crippen LogP contribution is -2.34. The van der Waals surface area contributed by atoms with E-state index in [1.807, 2.05) is 27.0 Å². The summed E-state index contributed by atoms with van der Waals surface area (Å²) in [5.74, 6) is 0.498. The number of nitrogens with one attached hydrogen (secondary N) is 1. The quantitative estimate of drug-likeness (QED) is 0.661. The van der Waals surface area contributed by atoms with Crippen LogP contribution in [0.3, 0.4) is 0 Å². The molecule has 4 heteroatoms. The summed E-state index contributed by atoms with van der Waals surface area (Å²) in [6.07, 6.45) is 2.75. The number of likely N-dealkylation sites (tertiary alicyclic amines) is 1. The van der Waals surface area contributed by atoms with E-state index >= 15 is 0 Å². The smallest absolute Gasteiger partial charge is 0.414 e. The van der Waals surface area contributed by atoms with Crippen molar-refractivity contribution >= 4 is 6.09 Å². The zero-order valence-electron chi connectivity index (χ0n) is 9.54. The molecule has 0 spiro atoms. The standard InChI is InChI=1S/C11H18N2O2/c1-11(2,3)15-10(14)13-5-4-8-6-12-7-9(8)13/h7-8,12H,4-6H2,1-3H3/t8-/m1/s1. The molecule has 0 unspecified atom stereocenters. The molecule has 2 aliphatic heterocycles. The summed E-state index contributed by atoms with van der Waals surface area (Å²) in [6.45, 7) is 7.40. The van der Waals surface area contributed by atoms with E-state index in [9.17, 15) is 4.79 Å². The maximum absolute atomic E-state index is 11.8. The lowest BCUT2D eigenvalue weighted by Gasteiger charge is -2.24. The predicted octanol–water partition coefficient (Wildman–Crippen LogP) is 1.69. The summed E-state index contributed by atoms with van der Waals surface area (Å²) in [7, 11) is 0. The third kappa shape index (κ3) is 2.08. The van der Waals surface area contributed by atoms with Crippen molar-refractivity contribution in [2.24, 2.45) is 5.92 Å². The third-order valence-electron chi connectivity index (χ3n) is 2.66. The Kier molecular flexibility index (Phi) is 2.37. The van der Waals surface area contributed by atoms with E-state index < -0.39 is 5.60 Å². The summed E-state index contributed by atoms with van der Waals surface area (Å²) in [6, 6.07) is 0. The molecule has 1 fully saturated rings. The van der Waals surface area contributed by atoms with Gasteiger partial charge in [0, 0.05) is 30.9 Å². The van der Waals surface area contributed by atoms with Crippen LogP contribution in [0.4, 0.5) is 4.79 Å². The lowest BCUT2D eigenvalue weighted by atomic mass is 10.1. The molecule has 0 radical (unpaired) electrons. The van der Waals surface area contributed by atoms with Crippen LogP contribution in [0.2, 0.25) is 0 Å². The van der Waals surface area contributed by atoms with Gasteiger partial charge in [-0.2, -0.15) is 0 Å². The molecule has 4 nitrogen and oxygen atoms in total. The first kappa shape index (κ1) is 10.3. The number of amides is 1. The Morgan fingerprint density at radius 3 is 3.00 bits per heavy atom. The minimum absolute atomic E-state index is 0.222. The van der Waals surface area contributed by atoms with Crippen LogP contribution >= 0.6 is 0 Å². The Bertz CT molecular complexity index is 304. The molecule has 1 atom stereocenters. The van der Waals surface area contributed by atoms with Gasteiger partial charge in [-0.05, 0) is 27.2 Å². The monoisotopic (exact) mass is 210 g/mol. The fraction of sp³-hybridized carbons (Fsp3) is 0.727. The average molecular weight is 210 g/mol.